The summed E-state index contributed by atoms with van der Waals surface area (Å²) in [4.78, 5) is 24.4. The van der Waals surface area contributed by atoms with Gasteiger partial charge in [-0.15, -0.1) is 0 Å². The zero-order valence-corrected chi connectivity index (χ0v) is 17.1. The van der Waals surface area contributed by atoms with Crippen LogP contribution in [0.15, 0.2) is 48.9 Å². The molecular formula is C22H17F3N6O2. The van der Waals surface area contributed by atoms with Crippen LogP contribution in [0, 0.1) is 0 Å². The Bertz CT molecular complexity index is 1350. The Morgan fingerprint density at radius 2 is 1.88 bits per heavy atom. The van der Waals surface area contributed by atoms with Gasteiger partial charge in [0, 0.05) is 17.4 Å². The van der Waals surface area contributed by atoms with Crippen LogP contribution in [0.5, 0.6) is 0 Å². The molecule has 33 heavy (non-hydrogen) atoms. The number of amides is 1. The molecule has 168 valence electrons. The van der Waals surface area contributed by atoms with Gasteiger partial charge in [0.1, 0.15) is 23.2 Å². The van der Waals surface area contributed by atoms with Crippen molar-refractivity contribution in [3.05, 3.63) is 71.3 Å². The number of fused-ring (bicyclic) bond motifs is 3. The molecular weight excluding hydrogens is 437 g/mol. The van der Waals surface area contributed by atoms with Crippen LogP contribution in [0.4, 0.5) is 24.8 Å². The smallest absolute Gasteiger partial charge is 0.382 e. The number of anilines is 2. The van der Waals surface area contributed by atoms with E-state index in [9.17, 15) is 18.0 Å². The van der Waals surface area contributed by atoms with Crippen molar-refractivity contribution in [1.29, 1.82) is 0 Å². The second kappa shape index (κ2) is 7.85. The number of nitrogen functional groups attached to an aromatic ring is 1. The minimum absolute atomic E-state index is 0.0296. The van der Waals surface area contributed by atoms with Gasteiger partial charge in [0.15, 0.2) is 5.82 Å². The predicted molar refractivity (Wildman–Crippen MR) is 113 cm³/mol. The first-order valence-corrected chi connectivity index (χ1v) is 9.94. The number of alkyl halides is 3. The first-order valence-electron chi connectivity index (χ1n) is 9.94. The molecule has 0 unspecified atom stereocenters. The highest BCUT2D eigenvalue weighted by Crippen LogP contribution is 2.35. The first kappa shape index (κ1) is 20.9. The van der Waals surface area contributed by atoms with Crippen LogP contribution in [-0.4, -0.2) is 25.4 Å². The number of carbonyl (C=O) groups is 1. The van der Waals surface area contributed by atoms with E-state index in [-0.39, 0.29) is 12.2 Å². The zero-order valence-electron chi connectivity index (χ0n) is 17.1. The van der Waals surface area contributed by atoms with E-state index in [4.69, 9.17) is 10.5 Å². The van der Waals surface area contributed by atoms with Gasteiger partial charge in [0.2, 0.25) is 5.91 Å². The molecule has 3 N–H and O–H groups in total. The van der Waals surface area contributed by atoms with Crippen molar-refractivity contribution in [1.82, 2.24) is 19.5 Å². The standard InChI is InChI=1S/C22H17F3N6O2/c23-22(24,25)13-3-6-17(27-8-13)30-18(32)7-12-1-4-14(5-2-12)31-16-10-33-9-15(16)19-20(31)21(26)29-11-28-19/h1-6,8,11H,7,9-10H2,(H2,26,28,29)(H,27,30,32). The largest absolute Gasteiger partial charge is 0.417 e. The Kier molecular flexibility index (Phi) is 4.97. The van der Waals surface area contributed by atoms with Crippen molar-refractivity contribution in [3.8, 4) is 5.69 Å². The fourth-order valence-corrected chi connectivity index (χ4v) is 3.85. The summed E-state index contributed by atoms with van der Waals surface area (Å²) in [5, 5.41) is 2.50. The topological polar surface area (TPSA) is 108 Å². The van der Waals surface area contributed by atoms with Crippen molar-refractivity contribution in [2.24, 2.45) is 0 Å². The molecule has 4 aromatic rings. The Morgan fingerprint density at radius 1 is 1.09 bits per heavy atom. The average Bonchev–Trinajstić information content (AvgIpc) is 3.36. The molecule has 3 aromatic heterocycles. The summed E-state index contributed by atoms with van der Waals surface area (Å²) < 4.78 is 45.4. The lowest BCUT2D eigenvalue weighted by atomic mass is 10.1. The maximum absolute atomic E-state index is 12.6. The summed E-state index contributed by atoms with van der Waals surface area (Å²) in [7, 11) is 0. The Morgan fingerprint density at radius 3 is 2.58 bits per heavy atom. The summed E-state index contributed by atoms with van der Waals surface area (Å²) in [5.74, 6) is 0.0183. The third-order valence-electron chi connectivity index (χ3n) is 5.38. The molecule has 0 bridgehead atoms. The van der Waals surface area contributed by atoms with E-state index in [2.05, 4.69) is 20.3 Å². The number of benzene rings is 1. The molecule has 0 aliphatic carbocycles. The highest BCUT2D eigenvalue weighted by atomic mass is 19.4. The number of hydrogen-bond donors (Lipinski definition) is 2. The molecule has 0 radical (unpaired) electrons. The molecule has 0 saturated carbocycles. The van der Waals surface area contributed by atoms with Gasteiger partial charge >= 0.3 is 6.18 Å². The lowest BCUT2D eigenvalue weighted by molar-refractivity contribution is -0.137. The average molecular weight is 454 g/mol. The van der Waals surface area contributed by atoms with Gasteiger partial charge in [-0.2, -0.15) is 13.2 Å². The maximum Gasteiger partial charge on any atom is 0.417 e. The summed E-state index contributed by atoms with van der Waals surface area (Å²) >= 11 is 0. The number of rotatable bonds is 4. The van der Waals surface area contributed by atoms with Gasteiger partial charge in [-0.05, 0) is 29.8 Å². The fourth-order valence-electron chi connectivity index (χ4n) is 3.85. The lowest BCUT2D eigenvalue weighted by Crippen LogP contribution is -2.16. The molecule has 0 spiro atoms. The summed E-state index contributed by atoms with van der Waals surface area (Å²) in [5.41, 5.74) is 10.2. The molecule has 11 heteroatoms. The summed E-state index contributed by atoms with van der Waals surface area (Å²) in [6, 6.07) is 9.28. The minimum Gasteiger partial charge on any atom is -0.382 e. The van der Waals surface area contributed by atoms with Crippen molar-refractivity contribution < 1.29 is 22.7 Å². The second-order valence-electron chi connectivity index (χ2n) is 7.53. The molecule has 8 nitrogen and oxygen atoms in total. The van der Waals surface area contributed by atoms with Gasteiger partial charge in [0.25, 0.3) is 0 Å². The number of ether oxygens (including phenoxy) is 1. The molecule has 0 fully saturated rings. The van der Waals surface area contributed by atoms with Crippen LogP contribution < -0.4 is 11.1 Å². The minimum atomic E-state index is -4.48. The third kappa shape index (κ3) is 3.87. The summed E-state index contributed by atoms with van der Waals surface area (Å²) in [6.07, 6.45) is -2.34. The SMILES string of the molecule is Nc1ncnc2c3c(n(-c4ccc(CC(=O)Nc5ccc(C(F)(F)F)cn5)cc4)c12)COC3. The molecule has 0 atom stereocenters. The summed E-state index contributed by atoms with van der Waals surface area (Å²) in [6.45, 7) is 0.876. The van der Waals surface area contributed by atoms with E-state index in [1.807, 2.05) is 16.7 Å². The van der Waals surface area contributed by atoms with Gasteiger partial charge in [-0.3, -0.25) is 4.79 Å². The van der Waals surface area contributed by atoms with Crippen molar-refractivity contribution in [2.75, 3.05) is 11.1 Å². The number of halogens is 3. The van der Waals surface area contributed by atoms with Gasteiger partial charge in [-0.25, -0.2) is 15.0 Å². The third-order valence-corrected chi connectivity index (χ3v) is 5.38. The van der Waals surface area contributed by atoms with Gasteiger partial charge in [0.05, 0.1) is 30.9 Å². The normalized spacial score (nSPS) is 13.3. The van der Waals surface area contributed by atoms with Crippen LogP contribution in [0.2, 0.25) is 0 Å². The van der Waals surface area contributed by atoms with Crippen molar-refractivity contribution in [3.63, 3.8) is 0 Å². The number of nitrogens with zero attached hydrogens (tertiary/aromatic N) is 4. The second-order valence-corrected chi connectivity index (χ2v) is 7.53. The van der Waals surface area contributed by atoms with E-state index in [0.717, 1.165) is 40.2 Å². The number of hydrogen-bond acceptors (Lipinski definition) is 6. The number of nitrogens with two attached hydrogens (primary N) is 1. The quantitative estimate of drug-likeness (QED) is 0.488. The Balaban J connectivity index is 1.34. The monoisotopic (exact) mass is 454 g/mol. The van der Waals surface area contributed by atoms with E-state index in [0.29, 0.717) is 30.7 Å². The maximum atomic E-state index is 12.6. The van der Waals surface area contributed by atoms with Crippen LogP contribution in [0.1, 0.15) is 22.4 Å². The van der Waals surface area contributed by atoms with Crippen molar-refractivity contribution >= 4 is 28.6 Å². The van der Waals surface area contributed by atoms with E-state index in [1.54, 1.807) is 12.1 Å². The van der Waals surface area contributed by atoms with E-state index >= 15 is 0 Å². The number of nitrogens with one attached hydrogen (secondary N) is 1. The fraction of sp³-hybridized carbons (Fsp3) is 0.182. The van der Waals surface area contributed by atoms with Gasteiger partial charge in [-0.1, -0.05) is 12.1 Å². The van der Waals surface area contributed by atoms with E-state index in [1.165, 1.54) is 6.33 Å². The highest BCUT2D eigenvalue weighted by Gasteiger charge is 2.30. The highest BCUT2D eigenvalue weighted by molar-refractivity contribution is 5.92. The molecule has 4 heterocycles. The molecule has 1 aliphatic rings. The molecule has 5 rings (SSSR count). The molecule has 1 amide bonds. The Labute approximate surface area is 185 Å². The molecule has 0 saturated heterocycles. The van der Waals surface area contributed by atoms with Crippen LogP contribution in [0.3, 0.4) is 0 Å². The Hall–Kier alpha value is -3.99. The van der Waals surface area contributed by atoms with Crippen LogP contribution in [-0.2, 0) is 35.3 Å². The predicted octanol–water partition coefficient (Wildman–Crippen LogP) is 3.63. The number of pyridine rings is 1. The van der Waals surface area contributed by atoms with E-state index < -0.39 is 17.6 Å². The van der Waals surface area contributed by atoms with Gasteiger partial charge < -0.3 is 20.4 Å². The molecule has 1 aliphatic heterocycles. The number of aromatic nitrogens is 4. The molecule has 1 aromatic carbocycles. The van der Waals surface area contributed by atoms with Crippen molar-refractivity contribution in [2.45, 2.75) is 25.8 Å². The van der Waals surface area contributed by atoms with Crippen LogP contribution in [0.25, 0.3) is 16.7 Å². The number of carbonyl (C=O) groups excluding carboxylic acids is 1. The first-order chi connectivity index (χ1) is 15.8. The van der Waals surface area contributed by atoms with Crippen LogP contribution >= 0.6 is 0 Å². The lowest BCUT2D eigenvalue weighted by Gasteiger charge is -2.11. The zero-order chi connectivity index (χ0) is 23.2.